The Morgan fingerprint density at radius 2 is 1.87 bits per heavy atom. The summed E-state index contributed by atoms with van der Waals surface area (Å²) in [4.78, 5) is 31.6. The van der Waals surface area contributed by atoms with E-state index >= 15 is 0 Å². The quantitative estimate of drug-likeness (QED) is 0.642. The summed E-state index contributed by atoms with van der Waals surface area (Å²) in [5.41, 5.74) is 1.14. The Kier molecular flexibility index (Phi) is 7.56. The first-order valence-electron chi connectivity index (χ1n) is 10.5. The Morgan fingerprint density at radius 3 is 2.45 bits per heavy atom. The summed E-state index contributed by atoms with van der Waals surface area (Å²) in [6, 6.07) is 6.98. The molecule has 0 bridgehead atoms. The van der Waals surface area contributed by atoms with Gasteiger partial charge in [0.15, 0.2) is 11.5 Å². The monoisotopic (exact) mass is 445 g/mol. The minimum Gasteiger partial charge on any atom is -0.493 e. The lowest BCUT2D eigenvalue weighted by atomic mass is 9.81. The van der Waals surface area contributed by atoms with Crippen molar-refractivity contribution in [3.63, 3.8) is 0 Å². The molecule has 7 nitrogen and oxygen atoms in total. The molecular weight excluding hydrogens is 414 g/mol. The SMILES string of the molecule is CCN(CC)CCNC(=O)[C@@H]1c2cc(OC)c(OC)cc2C(=O)N(C)[C@@H]1c1cccs1. The molecule has 0 saturated carbocycles. The molecule has 1 aliphatic rings. The average Bonchev–Trinajstić information content (AvgIpc) is 3.32. The third-order valence-corrected chi connectivity index (χ3v) is 6.86. The van der Waals surface area contributed by atoms with E-state index in [4.69, 9.17) is 9.47 Å². The zero-order chi connectivity index (χ0) is 22.5. The molecule has 1 N–H and O–H groups in total. The van der Waals surface area contributed by atoms with Gasteiger partial charge in [0.2, 0.25) is 5.91 Å². The number of hydrogen-bond donors (Lipinski definition) is 1. The Balaban J connectivity index is 2.02. The van der Waals surface area contributed by atoms with Gasteiger partial charge in [-0.05, 0) is 42.2 Å². The maximum absolute atomic E-state index is 13.5. The molecule has 2 atom stereocenters. The number of hydrogen-bond acceptors (Lipinski definition) is 6. The number of nitrogens with zero attached hydrogens (tertiary/aromatic N) is 2. The molecule has 3 rings (SSSR count). The Morgan fingerprint density at radius 1 is 1.19 bits per heavy atom. The summed E-state index contributed by atoms with van der Waals surface area (Å²) < 4.78 is 10.9. The summed E-state index contributed by atoms with van der Waals surface area (Å²) in [6.07, 6.45) is 0. The molecule has 1 aliphatic heterocycles. The van der Waals surface area contributed by atoms with Gasteiger partial charge in [-0.3, -0.25) is 9.59 Å². The van der Waals surface area contributed by atoms with Crippen molar-refractivity contribution in [1.29, 1.82) is 0 Å². The Hall–Kier alpha value is -2.58. The van der Waals surface area contributed by atoms with Gasteiger partial charge >= 0.3 is 0 Å². The van der Waals surface area contributed by atoms with Crippen LogP contribution in [0.2, 0.25) is 0 Å². The second-order valence-electron chi connectivity index (χ2n) is 7.47. The van der Waals surface area contributed by atoms with E-state index in [1.807, 2.05) is 17.5 Å². The van der Waals surface area contributed by atoms with Crippen molar-refractivity contribution < 1.29 is 19.1 Å². The second-order valence-corrected chi connectivity index (χ2v) is 8.45. The molecule has 0 radical (unpaired) electrons. The van der Waals surface area contributed by atoms with Gasteiger partial charge in [-0.1, -0.05) is 19.9 Å². The van der Waals surface area contributed by atoms with Gasteiger partial charge in [0, 0.05) is 30.6 Å². The predicted octanol–water partition coefficient (Wildman–Crippen LogP) is 3.13. The molecule has 31 heavy (non-hydrogen) atoms. The van der Waals surface area contributed by atoms with Gasteiger partial charge < -0.3 is 24.6 Å². The van der Waals surface area contributed by atoms with Crippen molar-refractivity contribution in [1.82, 2.24) is 15.1 Å². The zero-order valence-corrected chi connectivity index (χ0v) is 19.6. The van der Waals surface area contributed by atoms with Crippen LogP contribution in [-0.4, -0.2) is 69.1 Å². The summed E-state index contributed by atoms with van der Waals surface area (Å²) in [5, 5.41) is 5.07. The lowest BCUT2D eigenvalue weighted by Crippen LogP contribution is -2.46. The standard InChI is InChI=1S/C23H31N3O4S/c1-6-26(7-2)11-10-24-22(27)20-15-13-17(29-4)18(30-5)14-16(15)23(28)25(3)21(20)19-9-8-12-31-19/h8-9,12-14,20-21H,6-7,10-11H2,1-5H3,(H,24,27)/t20-,21-/m1/s1. The van der Waals surface area contributed by atoms with E-state index in [1.54, 1.807) is 42.5 Å². The predicted molar refractivity (Wildman–Crippen MR) is 122 cm³/mol. The molecular formula is C23H31N3O4S. The number of methoxy groups -OCH3 is 2. The van der Waals surface area contributed by atoms with Crippen molar-refractivity contribution in [2.75, 3.05) is 47.4 Å². The van der Waals surface area contributed by atoms with E-state index < -0.39 is 5.92 Å². The molecule has 1 aromatic carbocycles. The average molecular weight is 446 g/mol. The summed E-state index contributed by atoms with van der Waals surface area (Å²) in [5.74, 6) is 0.190. The number of rotatable bonds is 9. The molecule has 0 spiro atoms. The molecule has 2 amide bonds. The van der Waals surface area contributed by atoms with E-state index in [2.05, 4.69) is 24.1 Å². The highest BCUT2D eigenvalue weighted by Crippen LogP contribution is 2.46. The first-order valence-corrected chi connectivity index (χ1v) is 11.4. The Bertz CT molecular complexity index is 912. The van der Waals surface area contributed by atoms with Gasteiger partial charge in [-0.2, -0.15) is 0 Å². The molecule has 168 valence electrons. The number of ether oxygens (including phenoxy) is 2. The van der Waals surface area contributed by atoms with Gasteiger partial charge in [0.05, 0.1) is 26.2 Å². The topological polar surface area (TPSA) is 71.1 Å². The van der Waals surface area contributed by atoms with E-state index in [0.717, 1.165) is 24.5 Å². The normalized spacial score (nSPS) is 18.1. The molecule has 0 aliphatic carbocycles. The summed E-state index contributed by atoms with van der Waals surface area (Å²) in [6.45, 7) is 7.41. The molecule has 1 aromatic heterocycles. The smallest absolute Gasteiger partial charge is 0.254 e. The molecule has 0 unspecified atom stereocenters. The van der Waals surface area contributed by atoms with Crippen molar-refractivity contribution in [3.8, 4) is 11.5 Å². The zero-order valence-electron chi connectivity index (χ0n) is 18.8. The third-order valence-electron chi connectivity index (χ3n) is 5.91. The van der Waals surface area contributed by atoms with Crippen molar-refractivity contribution in [2.24, 2.45) is 0 Å². The molecule has 0 fully saturated rings. The minimum absolute atomic E-state index is 0.0987. The first kappa shape index (κ1) is 23.1. The van der Waals surface area contributed by atoms with E-state index in [1.165, 1.54) is 7.11 Å². The van der Waals surface area contributed by atoms with Crippen LogP contribution in [0.4, 0.5) is 0 Å². The van der Waals surface area contributed by atoms with Gasteiger partial charge in [0.1, 0.15) is 0 Å². The molecule has 2 aromatic rings. The number of thiophene rings is 1. The maximum atomic E-state index is 13.5. The van der Waals surface area contributed by atoms with Crippen LogP contribution in [0.5, 0.6) is 11.5 Å². The molecule has 0 saturated heterocycles. The fourth-order valence-corrected chi connectivity index (χ4v) is 5.04. The van der Waals surface area contributed by atoms with Crippen molar-refractivity contribution in [2.45, 2.75) is 25.8 Å². The number of carbonyl (C=O) groups is 2. The number of fused-ring (bicyclic) bond motifs is 1. The van der Waals surface area contributed by atoms with Crippen LogP contribution >= 0.6 is 11.3 Å². The van der Waals surface area contributed by atoms with Crippen LogP contribution in [0.25, 0.3) is 0 Å². The number of amides is 2. The number of benzene rings is 1. The van der Waals surface area contributed by atoms with E-state index in [-0.39, 0.29) is 17.9 Å². The van der Waals surface area contributed by atoms with Crippen LogP contribution in [0.15, 0.2) is 29.6 Å². The van der Waals surface area contributed by atoms with Crippen LogP contribution in [0, 0.1) is 0 Å². The second kappa shape index (κ2) is 10.2. The highest BCUT2D eigenvalue weighted by atomic mass is 32.1. The van der Waals surface area contributed by atoms with Crippen molar-refractivity contribution >= 4 is 23.2 Å². The fraction of sp³-hybridized carbons (Fsp3) is 0.478. The third kappa shape index (κ3) is 4.55. The van der Waals surface area contributed by atoms with E-state index in [0.29, 0.717) is 29.2 Å². The van der Waals surface area contributed by atoms with Gasteiger partial charge in [-0.25, -0.2) is 0 Å². The highest BCUT2D eigenvalue weighted by molar-refractivity contribution is 7.10. The lowest BCUT2D eigenvalue weighted by Gasteiger charge is -2.39. The maximum Gasteiger partial charge on any atom is 0.254 e. The van der Waals surface area contributed by atoms with Crippen LogP contribution in [-0.2, 0) is 4.79 Å². The summed E-state index contributed by atoms with van der Waals surface area (Å²) >= 11 is 1.55. The van der Waals surface area contributed by atoms with Gasteiger partial charge in [-0.15, -0.1) is 11.3 Å². The highest BCUT2D eigenvalue weighted by Gasteiger charge is 2.43. The molecule has 2 heterocycles. The Labute approximate surface area is 187 Å². The van der Waals surface area contributed by atoms with Crippen LogP contribution in [0.3, 0.4) is 0 Å². The number of carbonyl (C=O) groups excluding carboxylic acids is 2. The first-order chi connectivity index (χ1) is 15.0. The van der Waals surface area contributed by atoms with Crippen LogP contribution < -0.4 is 14.8 Å². The van der Waals surface area contributed by atoms with Gasteiger partial charge in [0.25, 0.3) is 5.91 Å². The number of likely N-dealkylation sites (N-methyl/N-ethyl adjacent to an activating group) is 2. The number of nitrogens with one attached hydrogen (secondary N) is 1. The lowest BCUT2D eigenvalue weighted by molar-refractivity contribution is -0.124. The minimum atomic E-state index is -0.548. The fourth-order valence-electron chi connectivity index (χ4n) is 4.13. The summed E-state index contributed by atoms with van der Waals surface area (Å²) in [7, 11) is 4.84. The van der Waals surface area contributed by atoms with Crippen LogP contribution in [0.1, 0.15) is 46.6 Å². The molecule has 8 heteroatoms. The van der Waals surface area contributed by atoms with Crippen molar-refractivity contribution in [3.05, 3.63) is 45.6 Å². The largest absolute Gasteiger partial charge is 0.493 e. The van der Waals surface area contributed by atoms with E-state index in [9.17, 15) is 9.59 Å².